The summed E-state index contributed by atoms with van der Waals surface area (Å²) < 4.78 is 52.4. The lowest BCUT2D eigenvalue weighted by Crippen LogP contribution is -2.44. The molecular formula is C13H18F2N2O3S. The summed E-state index contributed by atoms with van der Waals surface area (Å²) in [5, 5.41) is 0. The molecule has 1 aliphatic heterocycles. The zero-order valence-corrected chi connectivity index (χ0v) is 12.2. The molecule has 1 aromatic rings. The molecule has 2 N–H and O–H groups in total. The van der Waals surface area contributed by atoms with Crippen LogP contribution in [0.3, 0.4) is 0 Å². The molecule has 0 bridgehead atoms. The van der Waals surface area contributed by atoms with Crippen LogP contribution in [-0.2, 0) is 9.84 Å². The van der Waals surface area contributed by atoms with E-state index in [9.17, 15) is 17.2 Å². The number of nitrogens with zero attached hydrogens (tertiary/aromatic N) is 1. The van der Waals surface area contributed by atoms with Crippen molar-refractivity contribution in [1.29, 1.82) is 0 Å². The number of hydrogen-bond donors (Lipinski definition) is 1. The Hall–Kier alpha value is -1.25. The maximum absolute atomic E-state index is 12.5. The predicted octanol–water partition coefficient (Wildman–Crippen LogP) is 1.02. The van der Waals surface area contributed by atoms with E-state index in [4.69, 9.17) is 5.73 Å². The van der Waals surface area contributed by atoms with Crippen LogP contribution < -0.4 is 10.5 Å². The molecule has 1 atom stereocenters. The fraction of sp³-hybridized carbons (Fsp3) is 0.538. The van der Waals surface area contributed by atoms with Crippen LogP contribution in [0.2, 0.25) is 0 Å². The zero-order chi connectivity index (χ0) is 15.5. The molecule has 0 saturated carbocycles. The van der Waals surface area contributed by atoms with Crippen molar-refractivity contribution in [3.05, 3.63) is 29.8 Å². The lowest BCUT2D eigenvalue weighted by molar-refractivity contribution is -0.0511. The van der Waals surface area contributed by atoms with E-state index in [1.807, 2.05) is 4.90 Å². The van der Waals surface area contributed by atoms with Crippen LogP contribution >= 0.6 is 0 Å². The van der Waals surface area contributed by atoms with Gasteiger partial charge in [-0.05, 0) is 6.07 Å². The van der Waals surface area contributed by atoms with E-state index >= 15 is 0 Å². The summed E-state index contributed by atoms with van der Waals surface area (Å²) in [4.78, 5) is 1.90. The van der Waals surface area contributed by atoms with Crippen LogP contribution in [0.15, 0.2) is 24.3 Å². The summed E-state index contributed by atoms with van der Waals surface area (Å²) in [6.45, 7) is -2.03. The first-order chi connectivity index (χ1) is 9.93. The van der Waals surface area contributed by atoms with Gasteiger partial charge in [0, 0.05) is 25.2 Å². The third-order valence-electron chi connectivity index (χ3n) is 3.54. The fourth-order valence-electron chi connectivity index (χ4n) is 2.47. The zero-order valence-electron chi connectivity index (χ0n) is 11.4. The van der Waals surface area contributed by atoms with Gasteiger partial charge in [-0.25, -0.2) is 8.42 Å². The SMILES string of the molecule is NCC(c1ccccc1OC(F)F)N1CCS(=O)(=O)CC1. The maximum Gasteiger partial charge on any atom is 0.387 e. The lowest BCUT2D eigenvalue weighted by Gasteiger charge is -2.34. The van der Waals surface area contributed by atoms with Crippen molar-refractivity contribution in [2.24, 2.45) is 5.73 Å². The highest BCUT2D eigenvalue weighted by Crippen LogP contribution is 2.30. The van der Waals surface area contributed by atoms with Crippen molar-refractivity contribution in [3.8, 4) is 5.75 Å². The first-order valence-corrected chi connectivity index (χ1v) is 8.43. The molecule has 0 spiro atoms. The Morgan fingerprint density at radius 3 is 2.43 bits per heavy atom. The van der Waals surface area contributed by atoms with Gasteiger partial charge in [0.2, 0.25) is 0 Å². The molecule has 1 heterocycles. The lowest BCUT2D eigenvalue weighted by atomic mass is 10.0. The maximum atomic E-state index is 12.5. The third-order valence-corrected chi connectivity index (χ3v) is 5.15. The molecule has 0 amide bonds. The van der Waals surface area contributed by atoms with E-state index in [-0.39, 0.29) is 29.8 Å². The molecular weight excluding hydrogens is 302 g/mol. The normalized spacial score (nSPS) is 20.4. The first-order valence-electron chi connectivity index (χ1n) is 6.61. The van der Waals surface area contributed by atoms with Crippen molar-refractivity contribution in [2.75, 3.05) is 31.1 Å². The van der Waals surface area contributed by atoms with E-state index in [1.54, 1.807) is 18.2 Å². The molecule has 0 radical (unpaired) electrons. The summed E-state index contributed by atoms with van der Waals surface area (Å²) in [7, 11) is -3.00. The number of ether oxygens (including phenoxy) is 1. The Morgan fingerprint density at radius 1 is 1.24 bits per heavy atom. The summed E-state index contributed by atoms with van der Waals surface area (Å²) >= 11 is 0. The highest BCUT2D eigenvalue weighted by molar-refractivity contribution is 7.91. The van der Waals surface area contributed by atoms with Gasteiger partial charge in [0.1, 0.15) is 5.75 Å². The molecule has 1 saturated heterocycles. The molecule has 1 aliphatic rings. The number of alkyl halides is 2. The predicted molar refractivity (Wildman–Crippen MR) is 75.1 cm³/mol. The Labute approximate surface area is 122 Å². The van der Waals surface area contributed by atoms with E-state index in [2.05, 4.69) is 4.74 Å². The molecule has 118 valence electrons. The fourth-order valence-corrected chi connectivity index (χ4v) is 3.70. The smallest absolute Gasteiger partial charge is 0.387 e. The second-order valence-corrected chi connectivity index (χ2v) is 7.16. The molecule has 0 aliphatic carbocycles. The van der Waals surface area contributed by atoms with E-state index < -0.39 is 16.4 Å². The van der Waals surface area contributed by atoms with Crippen LogP contribution in [0.4, 0.5) is 8.78 Å². The molecule has 5 nitrogen and oxygen atoms in total. The average Bonchev–Trinajstić information content (AvgIpc) is 2.42. The largest absolute Gasteiger partial charge is 0.434 e. The molecule has 1 fully saturated rings. The van der Waals surface area contributed by atoms with Gasteiger partial charge >= 0.3 is 6.61 Å². The number of rotatable bonds is 5. The summed E-state index contributed by atoms with van der Waals surface area (Å²) in [6, 6.07) is 6.13. The second-order valence-electron chi connectivity index (χ2n) is 4.86. The van der Waals surface area contributed by atoms with E-state index in [0.717, 1.165) is 0 Å². The van der Waals surface area contributed by atoms with Gasteiger partial charge in [0.15, 0.2) is 9.84 Å². The average molecular weight is 320 g/mol. The summed E-state index contributed by atoms with van der Waals surface area (Å²) in [5.74, 6) is 0.194. The molecule has 1 aromatic carbocycles. The third kappa shape index (κ3) is 4.12. The Balaban J connectivity index is 2.22. The van der Waals surface area contributed by atoms with Crippen molar-refractivity contribution in [2.45, 2.75) is 12.7 Å². The standard InChI is InChI=1S/C13H18F2N2O3S/c14-13(15)20-12-4-2-1-3-10(12)11(9-16)17-5-7-21(18,19)8-6-17/h1-4,11,13H,5-9,16H2. The molecule has 0 aromatic heterocycles. The highest BCUT2D eigenvalue weighted by Gasteiger charge is 2.29. The van der Waals surface area contributed by atoms with Gasteiger partial charge in [-0.15, -0.1) is 0 Å². The highest BCUT2D eigenvalue weighted by atomic mass is 32.2. The number of benzene rings is 1. The van der Waals surface area contributed by atoms with Crippen molar-refractivity contribution >= 4 is 9.84 Å². The van der Waals surface area contributed by atoms with Crippen LogP contribution in [0.25, 0.3) is 0 Å². The number of sulfone groups is 1. The van der Waals surface area contributed by atoms with Crippen molar-refractivity contribution in [1.82, 2.24) is 4.90 Å². The molecule has 1 unspecified atom stereocenters. The van der Waals surface area contributed by atoms with Gasteiger partial charge < -0.3 is 10.5 Å². The summed E-state index contributed by atoms with van der Waals surface area (Å²) in [5.41, 5.74) is 6.32. The van der Waals surface area contributed by atoms with Gasteiger partial charge in [-0.2, -0.15) is 8.78 Å². The van der Waals surface area contributed by atoms with Crippen LogP contribution in [0, 0.1) is 0 Å². The van der Waals surface area contributed by atoms with Crippen LogP contribution in [0.5, 0.6) is 5.75 Å². The quantitative estimate of drug-likeness (QED) is 0.877. The Morgan fingerprint density at radius 2 is 1.86 bits per heavy atom. The van der Waals surface area contributed by atoms with Crippen LogP contribution in [-0.4, -0.2) is 51.1 Å². The molecule has 8 heteroatoms. The Bertz CT molecular complexity index is 567. The minimum Gasteiger partial charge on any atom is -0.434 e. The van der Waals surface area contributed by atoms with Crippen molar-refractivity contribution < 1.29 is 21.9 Å². The van der Waals surface area contributed by atoms with Crippen LogP contribution in [0.1, 0.15) is 11.6 Å². The molecule has 2 rings (SSSR count). The Kier molecular flexibility index (Phi) is 5.13. The number of halogens is 2. The summed E-state index contributed by atoms with van der Waals surface area (Å²) in [6.07, 6.45) is 0. The van der Waals surface area contributed by atoms with Gasteiger partial charge in [-0.3, -0.25) is 4.90 Å². The van der Waals surface area contributed by atoms with Gasteiger partial charge in [0.25, 0.3) is 0 Å². The minimum absolute atomic E-state index is 0.0569. The number of hydrogen-bond acceptors (Lipinski definition) is 5. The van der Waals surface area contributed by atoms with E-state index in [0.29, 0.717) is 18.7 Å². The number of nitrogens with two attached hydrogens (primary N) is 1. The topological polar surface area (TPSA) is 72.6 Å². The first kappa shape index (κ1) is 16.1. The minimum atomic E-state index is -3.00. The molecule has 21 heavy (non-hydrogen) atoms. The van der Waals surface area contributed by atoms with Gasteiger partial charge in [0.05, 0.1) is 17.5 Å². The van der Waals surface area contributed by atoms with Crippen molar-refractivity contribution in [3.63, 3.8) is 0 Å². The second kappa shape index (κ2) is 6.67. The van der Waals surface area contributed by atoms with Gasteiger partial charge in [-0.1, -0.05) is 18.2 Å². The monoisotopic (exact) mass is 320 g/mol. The van der Waals surface area contributed by atoms with E-state index in [1.165, 1.54) is 6.07 Å². The number of para-hydroxylation sites is 1.